The zero-order valence-electron chi connectivity index (χ0n) is 14.6. The molecule has 1 aromatic carbocycles. The molecule has 0 saturated carbocycles. The molecule has 1 aliphatic rings. The van der Waals surface area contributed by atoms with Crippen molar-refractivity contribution in [1.29, 1.82) is 0 Å². The van der Waals surface area contributed by atoms with E-state index in [2.05, 4.69) is 41.8 Å². The Morgan fingerprint density at radius 2 is 1.88 bits per heavy atom. The summed E-state index contributed by atoms with van der Waals surface area (Å²) in [6.45, 7) is 5.85. The van der Waals surface area contributed by atoms with Gasteiger partial charge in [0.2, 0.25) is 5.91 Å². The molecule has 0 radical (unpaired) electrons. The van der Waals surface area contributed by atoms with Gasteiger partial charge in [0.05, 0.1) is 13.2 Å². The van der Waals surface area contributed by atoms with Crippen LogP contribution in [0.4, 0.5) is 5.69 Å². The van der Waals surface area contributed by atoms with Crippen LogP contribution in [0.2, 0.25) is 0 Å². The highest BCUT2D eigenvalue weighted by Gasteiger charge is 2.09. The van der Waals surface area contributed by atoms with Crippen molar-refractivity contribution in [2.75, 3.05) is 58.3 Å². The first-order valence-corrected chi connectivity index (χ1v) is 9.26. The summed E-state index contributed by atoms with van der Waals surface area (Å²) >= 11 is 3.37. The molecule has 138 valence electrons. The number of carbonyl (C=O) groups is 1. The number of anilines is 1. The van der Waals surface area contributed by atoms with Crippen molar-refractivity contribution < 1.29 is 9.53 Å². The summed E-state index contributed by atoms with van der Waals surface area (Å²) in [7, 11) is 1.73. The van der Waals surface area contributed by atoms with Crippen LogP contribution in [0.25, 0.3) is 0 Å². The number of hydrogen-bond donors (Lipinski definition) is 3. The van der Waals surface area contributed by atoms with Crippen LogP contribution < -0.4 is 16.0 Å². The minimum absolute atomic E-state index is 0.0291. The number of morpholine rings is 1. The number of nitrogens with zero attached hydrogens (tertiary/aromatic N) is 2. The fraction of sp³-hybridized carbons (Fsp3) is 0.529. The summed E-state index contributed by atoms with van der Waals surface area (Å²) in [4.78, 5) is 18.5. The van der Waals surface area contributed by atoms with Crippen LogP contribution in [-0.2, 0) is 9.53 Å². The third-order valence-electron chi connectivity index (χ3n) is 3.82. The lowest BCUT2D eigenvalue weighted by atomic mass is 10.3. The van der Waals surface area contributed by atoms with E-state index in [0.29, 0.717) is 18.9 Å². The zero-order valence-corrected chi connectivity index (χ0v) is 16.1. The zero-order chi connectivity index (χ0) is 17.9. The Balaban J connectivity index is 1.59. The lowest BCUT2D eigenvalue weighted by Gasteiger charge is -2.26. The van der Waals surface area contributed by atoms with E-state index in [1.165, 1.54) is 0 Å². The van der Waals surface area contributed by atoms with Crippen molar-refractivity contribution >= 4 is 33.5 Å². The van der Waals surface area contributed by atoms with Gasteiger partial charge < -0.3 is 20.7 Å². The second kappa shape index (κ2) is 11.1. The second-order valence-corrected chi connectivity index (χ2v) is 6.60. The quantitative estimate of drug-likeness (QED) is 0.465. The predicted molar refractivity (Wildman–Crippen MR) is 104 cm³/mol. The van der Waals surface area contributed by atoms with E-state index in [-0.39, 0.29) is 5.91 Å². The van der Waals surface area contributed by atoms with E-state index < -0.39 is 0 Å². The molecule has 0 aromatic heterocycles. The first kappa shape index (κ1) is 19.7. The smallest absolute Gasteiger partial charge is 0.226 e. The summed E-state index contributed by atoms with van der Waals surface area (Å²) in [6.07, 6.45) is 0.375. The molecule has 0 atom stereocenters. The minimum atomic E-state index is -0.0291. The maximum Gasteiger partial charge on any atom is 0.226 e. The summed E-state index contributed by atoms with van der Waals surface area (Å²) in [5.74, 6) is 0.684. The Hall–Kier alpha value is -1.64. The summed E-state index contributed by atoms with van der Waals surface area (Å²) in [5.41, 5.74) is 0.793. The number of ether oxygens (including phenoxy) is 1. The Bertz CT molecular complexity index is 559. The van der Waals surface area contributed by atoms with Gasteiger partial charge in [-0.15, -0.1) is 0 Å². The monoisotopic (exact) mass is 411 g/mol. The molecule has 1 aromatic rings. The standard InChI is InChI=1S/C17H26BrN5O2/c1-19-17(21-8-9-23-10-12-25-13-11-23)20-7-6-16(24)22-15-4-2-14(18)3-5-15/h2-5H,6-13H2,1H3,(H,22,24)(H2,19,20,21). The number of guanidine groups is 1. The topological polar surface area (TPSA) is 78.0 Å². The average Bonchev–Trinajstić information content (AvgIpc) is 2.63. The SMILES string of the molecule is CN=C(NCCC(=O)Nc1ccc(Br)cc1)NCCN1CCOCC1. The number of hydrogen-bond acceptors (Lipinski definition) is 4. The lowest BCUT2D eigenvalue weighted by Crippen LogP contribution is -2.44. The van der Waals surface area contributed by atoms with Crippen molar-refractivity contribution in [1.82, 2.24) is 15.5 Å². The Labute approximate surface area is 157 Å². The van der Waals surface area contributed by atoms with Gasteiger partial charge in [0, 0.05) is 56.4 Å². The number of rotatable bonds is 7. The Morgan fingerprint density at radius 3 is 2.56 bits per heavy atom. The molecule has 0 spiro atoms. The Morgan fingerprint density at radius 1 is 1.20 bits per heavy atom. The lowest BCUT2D eigenvalue weighted by molar-refractivity contribution is -0.116. The van der Waals surface area contributed by atoms with Gasteiger partial charge in [-0.25, -0.2) is 0 Å². The van der Waals surface area contributed by atoms with Crippen molar-refractivity contribution in [3.8, 4) is 0 Å². The van der Waals surface area contributed by atoms with Crippen LogP contribution in [0.1, 0.15) is 6.42 Å². The highest BCUT2D eigenvalue weighted by Crippen LogP contribution is 2.14. The van der Waals surface area contributed by atoms with Gasteiger partial charge in [-0.1, -0.05) is 15.9 Å². The third-order valence-corrected chi connectivity index (χ3v) is 4.35. The van der Waals surface area contributed by atoms with E-state index in [0.717, 1.165) is 49.6 Å². The van der Waals surface area contributed by atoms with Gasteiger partial charge in [-0.2, -0.15) is 0 Å². The number of amides is 1. The molecular formula is C17H26BrN5O2. The summed E-state index contributed by atoms with van der Waals surface area (Å²) in [6, 6.07) is 7.52. The van der Waals surface area contributed by atoms with E-state index in [4.69, 9.17) is 4.74 Å². The fourth-order valence-electron chi connectivity index (χ4n) is 2.43. The van der Waals surface area contributed by atoms with Crippen LogP contribution in [0.5, 0.6) is 0 Å². The number of halogens is 1. The average molecular weight is 412 g/mol. The van der Waals surface area contributed by atoms with E-state index in [1.807, 2.05) is 24.3 Å². The van der Waals surface area contributed by atoms with Gasteiger partial charge >= 0.3 is 0 Å². The molecule has 3 N–H and O–H groups in total. The molecule has 1 saturated heterocycles. The van der Waals surface area contributed by atoms with Gasteiger partial charge in [-0.3, -0.25) is 14.7 Å². The van der Waals surface area contributed by atoms with Crippen molar-refractivity contribution in [3.63, 3.8) is 0 Å². The molecule has 1 fully saturated rings. The molecule has 0 bridgehead atoms. The molecule has 0 unspecified atom stereocenters. The van der Waals surface area contributed by atoms with Crippen LogP contribution in [0.3, 0.4) is 0 Å². The maximum atomic E-state index is 11.9. The molecular weight excluding hydrogens is 386 g/mol. The molecule has 0 aliphatic carbocycles. The number of benzene rings is 1. The number of nitrogens with one attached hydrogen (secondary N) is 3. The van der Waals surface area contributed by atoms with E-state index in [1.54, 1.807) is 7.05 Å². The van der Waals surface area contributed by atoms with Gasteiger partial charge in [0.25, 0.3) is 0 Å². The molecule has 2 rings (SSSR count). The predicted octanol–water partition coefficient (Wildman–Crippen LogP) is 1.27. The largest absolute Gasteiger partial charge is 0.379 e. The maximum absolute atomic E-state index is 11.9. The molecule has 1 heterocycles. The molecule has 25 heavy (non-hydrogen) atoms. The fourth-order valence-corrected chi connectivity index (χ4v) is 2.69. The Kier molecular flexibility index (Phi) is 8.71. The van der Waals surface area contributed by atoms with Crippen LogP contribution in [-0.4, -0.2) is 69.8 Å². The van der Waals surface area contributed by atoms with Crippen LogP contribution >= 0.6 is 15.9 Å². The van der Waals surface area contributed by atoms with Crippen LogP contribution in [0.15, 0.2) is 33.7 Å². The van der Waals surface area contributed by atoms with Gasteiger partial charge in [-0.05, 0) is 24.3 Å². The first-order valence-electron chi connectivity index (χ1n) is 8.47. The first-order chi connectivity index (χ1) is 12.2. The van der Waals surface area contributed by atoms with Crippen molar-refractivity contribution in [3.05, 3.63) is 28.7 Å². The highest BCUT2D eigenvalue weighted by molar-refractivity contribution is 9.10. The minimum Gasteiger partial charge on any atom is -0.379 e. The highest BCUT2D eigenvalue weighted by atomic mass is 79.9. The van der Waals surface area contributed by atoms with Gasteiger partial charge in [0.1, 0.15) is 0 Å². The van der Waals surface area contributed by atoms with Gasteiger partial charge in [0.15, 0.2) is 5.96 Å². The van der Waals surface area contributed by atoms with E-state index in [9.17, 15) is 4.79 Å². The number of aliphatic imine (C=N–C) groups is 1. The van der Waals surface area contributed by atoms with E-state index >= 15 is 0 Å². The summed E-state index contributed by atoms with van der Waals surface area (Å²) < 4.78 is 6.32. The third kappa shape index (κ3) is 7.85. The van der Waals surface area contributed by atoms with Crippen molar-refractivity contribution in [2.45, 2.75) is 6.42 Å². The molecule has 8 heteroatoms. The molecule has 7 nitrogen and oxygen atoms in total. The number of carbonyl (C=O) groups excluding carboxylic acids is 1. The summed E-state index contributed by atoms with van der Waals surface area (Å²) in [5, 5.41) is 9.29. The molecule has 1 aliphatic heterocycles. The van der Waals surface area contributed by atoms with Crippen molar-refractivity contribution in [2.24, 2.45) is 4.99 Å². The molecule has 1 amide bonds. The van der Waals surface area contributed by atoms with Crippen LogP contribution in [0, 0.1) is 0 Å². The second-order valence-electron chi connectivity index (χ2n) is 5.68. The normalized spacial score (nSPS) is 15.7.